The fourth-order valence-corrected chi connectivity index (χ4v) is 2.59. The lowest BCUT2D eigenvalue weighted by Gasteiger charge is -2.10. The highest BCUT2D eigenvalue weighted by Crippen LogP contribution is 2.27. The minimum atomic E-state index is -0.764. The van der Waals surface area contributed by atoms with E-state index in [9.17, 15) is 13.6 Å². The number of amides is 1. The van der Waals surface area contributed by atoms with Crippen LogP contribution in [0.3, 0.4) is 0 Å². The van der Waals surface area contributed by atoms with Crippen molar-refractivity contribution in [2.24, 2.45) is 0 Å². The second kappa shape index (κ2) is 8.01. The summed E-state index contributed by atoms with van der Waals surface area (Å²) in [5, 5.41) is 5.58. The molecule has 2 N–H and O–H groups in total. The van der Waals surface area contributed by atoms with Gasteiger partial charge in [0.15, 0.2) is 0 Å². The normalized spacial score (nSPS) is 10.4. The van der Waals surface area contributed by atoms with Crippen LogP contribution in [0.15, 0.2) is 54.7 Å². The number of anilines is 3. The lowest BCUT2D eigenvalue weighted by atomic mass is 10.2. The molecule has 0 fully saturated rings. The van der Waals surface area contributed by atoms with Gasteiger partial charge in [-0.25, -0.2) is 13.8 Å². The summed E-state index contributed by atoms with van der Waals surface area (Å²) in [5.41, 5.74) is 0.373. The van der Waals surface area contributed by atoms with E-state index < -0.39 is 17.5 Å². The Morgan fingerprint density at radius 1 is 1.11 bits per heavy atom. The molecule has 0 aliphatic rings. The maximum atomic E-state index is 13.8. The van der Waals surface area contributed by atoms with Crippen LogP contribution >= 0.6 is 11.6 Å². The number of methoxy groups -OCH3 is 1. The van der Waals surface area contributed by atoms with E-state index in [1.54, 1.807) is 18.2 Å². The number of benzene rings is 2. The van der Waals surface area contributed by atoms with Gasteiger partial charge in [-0.1, -0.05) is 17.7 Å². The van der Waals surface area contributed by atoms with Crippen molar-refractivity contribution in [3.63, 3.8) is 0 Å². The van der Waals surface area contributed by atoms with Crippen molar-refractivity contribution in [1.29, 1.82) is 0 Å². The summed E-state index contributed by atoms with van der Waals surface area (Å²) in [4.78, 5) is 16.4. The van der Waals surface area contributed by atoms with Crippen LogP contribution in [0.5, 0.6) is 5.75 Å². The molecule has 1 amide bonds. The van der Waals surface area contributed by atoms with Gasteiger partial charge in [-0.05, 0) is 42.5 Å². The molecule has 0 spiro atoms. The molecule has 0 aliphatic carbocycles. The molecule has 138 valence electrons. The van der Waals surface area contributed by atoms with Crippen LogP contribution in [0.4, 0.5) is 26.0 Å². The van der Waals surface area contributed by atoms with E-state index >= 15 is 0 Å². The number of hydrogen-bond donors (Lipinski definition) is 2. The zero-order valence-corrected chi connectivity index (χ0v) is 14.8. The lowest BCUT2D eigenvalue weighted by Crippen LogP contribution is -2.12. The van der Waals surface area contributed by atoms with Crippen LogP contribution in [0.2, 0.25) is 5.02 Å². The summed E-state index contributed by atoms with van der Waals surface area (Å²) >= 11 is 6.04. The lowest BCUT2D eigenvalue weighted by molar-refractivity contribution is 0.102. The fourth-order valence-electron chi connectivity index (χ4n) is 2.33. The number of ether oxygens (including phenoxy) is 1. The number of rotatable bonds is 5. The Hall–Kier alpha value is -3.19. The number of aromatic nitrogens is 1. The number of para-hydroxylation sites is 1. The molecular formula is C19H14ClF2N3O2. The number of carbonyl (C=O) groups is 1. The van der Waals surface area contributed by atoms with Crippen molar-refractivity contribution in [2.45, 2.75) is 0 Å². The van der Waals surface area contributed by atoms with E-state index in [-0.39, 0.29) is 17.1 Å². The van der Waals surface area contributed by atoms with Crippen molar-refractivity contribution in [1.82, 2.24) is 4.98 Å². The molecule has 0 saturated carbocycles. The van der Waals surface area contributed by atoms with Gasteiger partial charge in [-0.2, -0.15) is 0 Å². The van der Waals surface area contributed by atoms with E-state index in [4.69, 9.17) is 16.3 Å². The average molecular weight is 390 g/mol. The smallest absolute Gasteiger partial charge is 0.255 e. The van der Waals surface area contributed by atoms with E-state index in [0.717, 1.165) is 12.1 Å². The topological polar surface area (TPSA) is 63.2 Å². The van der Waals surface area contributed by atoms with Crippen molar-refractivity contribution in [2.75, 3.05) is 17.7 Å². The highest BCUT2D eigenvalue weighted by Gasteiger charge is 2.12. The van der Waals surface area contributed by atoms with Crippen LogP contribution in [0.1, 0.15) is 10.4 Å². The summed E-state index contributed by atoms with van der Waals surface area (Å²) < 4.78 is 32.6. The number of hydrogen-bond acceptors (Lipinski definition) is 4. The molecule has 0 saturated heterocycles. The quantitative estimate of drug-likeness (QED) is 0.643. The van der Waals surface area contributed by atoms with Crippen molar-refractivity contribution >= 4 is 34.7 Å². The van der Waals surface area contributed by atoms with Gasteiger partial charge in [0.1, 0.15) is 28.9 Å². The molecule has 0 atom stereocenters. The molecule has 3 rings (SSSR count). The second-order valence-electron chi connectivity index (χ2n) is 5.45. The van der Waals surface area contributed by atoms with E-state index in [2.05, 4.69) is 15.6 Å². The Labute approximate surface area is 159 Å². The predicted molar refractivity (Wildman–Crippen MR) is 99.8 cm³/mol. The van der Waals surface area contributed by atoms with Gasteiger partial charge in [0.05, 0.1) is 12.1 Å². The molecule has 1 heterocycles. The molecular weight excluding hydrogens is 376 g/mol. The number of carbonyl (C=O) groups excluding carboxylic acids is 1. The van der Waals surface area contributed by atoms with Gasteiger partial charge in [-0.15, -0.1) is 0 Å². The largest absolute Gasteiger partial charge is 0.495 e. The second-order valence-corrected chi connectivity index (χ2v) is 5.86. The Morgan fingerprint density at radius 3 is 2.52 bits per heavy atom. The Balaban J connectivity index is 1.78. The zero-order valence-electron chi connectivity index (χ0n) is 14.1. The Kier molecular flexibility index (Phi) is 5.52. The van der Waals surface area contributed by atoms with E-state index in [0.29, 0.717) is 16.5 Å². The van der Waals surface area contributed by atoms with Crippen molar-refractivity contribution in [3.8, 4) is 5.75 Å². The maximum absolute atomic E-state index is 13.8. The van der Waals surface area contributed by atoms with Gasteiger partial charge in [0.2, 0.25) is 0 Å². The Bertz CT molecular complexity index is 978. The average Bonchev–Trinajstić information content (AvgIpc) is 2.65. The number of halogens is 3. The third-order valence-corrected chi connectivity index (χ3v) is 3.94. The van der Waals surface area contributed by atoms with Gasteiger partial charge in [0, 0.05) is 17.4 Å². The Morgan fingerprint density at radius 2 is 1.85 bits per heavy atom. The van der Waals surface area contributed by atoms with Crippen molar-refractivity contribution in [3.05, 3.63) is 76.9 Å². The minimum absolute atomic E-state index is 0.124. The monoisotopic (exact) mass is 389 g/mol. The molecule has 0 unspecified atom stereocenters. The SMILES string of the molecule is COc1ccc(NC(=O)c2ccnc(Nc3c(F)cccc3F)c2)cc1Cl. The molecule has 8 heteroatoms. The molecule has 3 aromatic rings. The summed E-state index contributed by atoms with van der Waals surface area (Å²) in [7, 11) is 1.49. The minimum Gasteiger partial charge on any atom is -0.495 e. The van der Waals surface area contributed by atoms with Crippen LogP contribution < -0.4 is 15.4 Å². The first-order valence-electron chi connectivity index (χ1n) is 7.80. The first-order chi connectivity index (χ1) is 13.0. The predicted octanol–water partition coefficient (Wildman–Crippen LogP) is 5.02. The molecule has 2 aromatic carbocycles. The van der Waals surface area contributed by atoms with E-state index in [1.807, 2.05) is 0 Å². The van der Waals surface area contributed by atoms with E-state index in [1.165, 1.54) is 31.5 Å². The van der Waals surface area contributed by atoms with Crippen molar-refractivity contribution < 1.29 is 18.3 Å². The standard InChI is InChI=1S/C19H14ClF2N3O2/c1-27-16-6-5-12(10-13(16)20)24-19(26)11-7-8-23-17(9-11)25-18-14(21)3-2-4-15(18)22/h2-10H,1H3,(H,23,25)(H,24,26). The third kappa shape index (κ3) is 4.32. The summed E-state index contributed by atoms with van der Waals surface area (Å²) in [6, 6.07) is 11.2. The molecule has 0 bridgehead atoms. The number of nitrogens with zero attached hydrogens (tertiary/aromatic N) is 1. The number of pyridine rings is 1. The highest BCUT2D eigenvalue weighted by molar-refractivity contribution is 6.32. The maximum Gasteiger partial charge on any atom is 0.255 e. The van der Waals surface area contributed by atoms with Gasteiger partial charge < -0.3 is 15.4 Å². The summed E-state index contributed by atoms with van der Waals surface area (Å²) in [5.74, 6) is -1.36. The molecule has 5 nitrogen and oxygen atoms in total. The highest BCUT2D eigenvalue weighted by atomic mass is 35.5. The van der Waals surface area contributed by atoms with Crippen LogP contribution in [-0.4, -0.2) is 18.0 Å². The van der Waals surface area contributed by atoms with Gasteiger partial charge in [0.25, 0.3) is 5.91 Å². The molecule has 1 aromatic heterocycles. The number of nitrogens with one attached hydrogen (secondary N) is 2. The van der Waals surface area contributed by atoms with Crippen LogP contribution in [0.25, 0.3) is 0 Å². The van der Waals surface area contributed by atoms with Gasteiger partial charge in [-0.3, -0.25) is 4.79 Å². The summed E-state index contributed by atoms with van der Waals surface area (Å²) in [6.07, 6.45) is 1.36. The fraction of sp³-hybridized carbons (Fsp3) is 0.0526. The van der Waals surface area contributed by atoms with Crippen LogP contribution in [0, 0.1) is 11.6 Å². The third-order valence-electron chi connectivity index (χ3n) is 3.65. The molecule has 0 radical (unpaired) electrons. The van der Waals surface area contributed by atoms with Gasteiger partial charge >= 0.3 is 0 Å². The molecule has 27 heavy (non-hydrogen) atoms. The first kappa shape index (κ1) is 18.6. The zero-order chi connectivity index (χ0) is 19.4. The summed E-state index contributed by atoms with van der Waals surface area (Å²) in [6.45, 7) is 0. The molecule has 0 aliphatic heterocycles. The van der Waals surface area contributed by atoms with Crippen LogP contribution in [-0.2, 0) is 0 Å². The first-order valence-corrected chi connectivity index (χ1v) is 8.17.